The van der Waals surface area contributed by atoms with Crippen molar-refractivity contribution in [3.05, 3.63) is 173 Å². The molecule has 0 saturated heterocycles. The molecule has 6 aromatic rings. The third-order valence-corrected chi connectivity index (χ3v) is 8.09. The minimum Gasteiger partial charge on any atom is -0.497 e. The fourth-order valence-electron chi connectivity index (χ4n) is 5.55. The number of ether oxygens (including phenoxy) is 2. The maximum atomic E-state index is 11.4. The lowest BCUT2D eigenvalue weighted by atomic mass is 9.95. The van der Waals surface area contributed by atoms with Gasteiger partial charge in [-0.2, -0.15) is 0 Å². The van der Waals surface area contributed by atoms with E-state index in [1.807, 2.05) is 36.4 Å². The van der Waals surface area contributed by atoms with Crippen LogP contribution in [0.15, 0.2) is 146 Å². The van der Waals surface area contributed by atoms with Crippen LogP contribution in [-0.4, -0.2) is 13.1 Å². The number of aryl methyl sites for hydroxylation is 2. The van der Waals surface area contributed by atoms with Crippen LogP contribution in [-0.2, 0) is 4.79 Å². The number of esters is 1. The highest BCUT2D eigenvalue weighted by atomic mass is 16.5. The molecule has 6 rings (SSSR count). The van der Waals surface area contributed by atoms with Gasteiger partial charge >= 0.3 is 5.97 Å². The Morgan fingerprint density at radius 2 is 0.936 bits per heavy atom. The number of methoxy groups -OCH3 is 1. The minimum absolute atomic E-state index is 0.340. The molecule has 0 fully saturated rings. The highest BCUT2D eigenvalue weighted by molar-refractivity contribution is 5.92. The SMILES string of the molecule is COc1ccc(C(=Cc2ccc(-c3ccc(N(c4ccc(C)cc4)c4ccc(C)cc4)cc3)cc2)c2ccc(OC(C)=O)cc2)cc1. The largest absolute Gasteiger partial charge is 0.497 e. The van der Waals surface area contributed by atoms with Crippen molar-refractivity contribution in [3.8, 4) is 22.6 Å². The number of carbonyl (C=O) groups is 1. The number of hydrogen-bond donors (Lipinski definition) is 0. The molecule has 0 heterocycles. The summed E-state index contributed by atoms with van der Waals surface area (Å²) in [6.45, 7) is 5.63. The van der Waals surface area contributed by atoms with Crippen molar-refractivity contribution in [3.63, 3.8) is 0 Å². The number of anilines is 3. The molecule has 232 valence electrons. The van der Waals surface area contributed by atoms with E-state index in [4.69, 9.17) is 9.47 Å². The fraction of sp³-hybridized carbons (Fsp3) is 0.0930. The van der Waals surface area contributed by atoms with E-state index < -0.39 is 0 Å². The Balaban J connectivity index is 1.29. The molecule has 0 aliphatic rings. The molecule has 6 aromatic carbocycles. The van der Waals surface area contributed by atoms with Crippen molar-refractivity contribution >= 4 is 34.7 Å². The van der Waals surface area contributed by atoms with Gasteiger partial charge in [-0.1, -0.05) is 96.1 Å². The summed E-state index contributed by atoms with van der Waals surface area (Å²) in [4.78, 5) is 13.7. The van der Waals surface area contributed by atoms with Crippen LogP contribution in [0.25, 0.3) is 22.8 Å². The van der Waals surface area contributed by atoms with Gasteiger partial charge in [-0.25, -0.2) is 0 Å². The van der Waals surface area contributed by atoms with E-state index >= 15 is 0 Å². The monoisotopic (exact) mass is 615 g/mol. The van der Waals surface area contributed by atoms with Crippen LogP contribution < -0.4 is 14.4 Å². The number of nitrogens with zero attached hydrogens (tertiary/aromatic N) is 1. The molecule has 47 heavy (non-hydrogen) atoms. The van der Waals surface area contributed by atoms with Crippen LogP contribution in [0.3, 0.4) is 0 Å². The second-order valence-corrected chi connectivity index (χ2v) is 11.6. The normalized spacial score (nSPS) is 11.2. The smallest absolute Gasteiger partial charge is 0.308 e. The molecule has 0 bridgehead atoms. The molecule has 0 aromatic heterocycles. The van der Waals surface area contributed by atoms with Gasteiger partial charge in [-0.15, -0.1) is 0 Å². The summed E-state index contributed by atoms with van der Waals surface area (Å²) in [7, 11) is 1.67. The van der Waals surface area contributed by atoms with Gasteiger partial charge in [0.15, 0.2) is 0 Å². The maximum Gasteiger partial charge on any atom is 0.308 e. The lowest BCUT2D eigenvalue weighted by Crippen LogP contribution is -2.09. The van der Waals surface area contributed by atoms with Crippen LogP contribution in [0.4, 0.5) is 17.1 Å². The van der Waals surface area contributed by atoms with E-state index in [0.717, 1.165) is 56.2 Å². The van der Waals surface area contributed by atoms with Crippen molar-refractivity contribution in [1.82, 2.24) is 0 Å². The summed E-state index contributed by atoms with van der Waals surface area (Å²) in [5.74, 6) is 0.981. The third-order valence-electron chi connectivity index (χ3n) is 8.09. The van der Waals surface area contributed by atoms with Gasteiger partial charge in [0, 0.05) is 24.0 Å². The van der Waals surface area contributed by atoms with Crippen molar-refractivity contribution in [2.24, 2.45) is 0 Å². The third kappa shape index (κ3) is 7.51. The van der Waals surface area contributed by atoms with Gasteiger partial charge in [0.2, 0.25) is 0 Å². The van der Waals surface area contributed by atoms with Crippen molar-refractivity contribution in [2.45, 2.75) is 20.8 Å². The van der Waals surface area contributed by atoms with Crippen molar-refractivity contribution < 1.29 is 14.3 Å². The Kier molecular flexibility index (Phi) is 9.31. The first kappa shape index (κ1) is 31.1. The van der Waals surface area contributed by atoms with Crippen molar-refractivity contribution in [2.75, 3.05) is 12.0 Å². The van der Waals surface area contributed by atoms with Gasteiger partial charge < -0.3 is 14.4 Å². The summed E-state index contributed by atoms with van der Waals surface area (Å²) >= 11 is 0. The number of benzene rings is 6. The Morgan fingerprint density at radius 1 is 0.532 bits per heavy atom. The molecular weight excluding hydrogens is 578 g/mol. The van der Waals surface area contributed by atoms with Crippen LogP contribution >= 0.6 is 0 Å². The summed E-state index contributed by atoms with van der Waals surface area (Å²) in [5, 5.41) is 0. The molecule has 4 nitrogen and oxygen atoms in total. The molecule has 0 radical (unpaired) electrons. The lowest BCUT2D eigenvalue weighted by molar-refractivity contribution is -0.131. The standard InChI is InChI=1S/C43H37NO3/c1-30-5-19-38(20-6-30)44(39-21-7-31(2)8-22-39)40-23-13-35(14-24-40)34-11-9-33(10-12-34)29-43(36-15-25-41(46-4)26-16-36)37-17-27-42(28-18-37)47-32(3)45/h5-29H,1-4H3. The summed E-state index contributed by atoms with van der Waals surface area (Å²) in [6, 6.07) is 50.2. The molecule has 0 atom stereocenters. The van der Waals surface area contributed by atoms with E-state index in [-0.39, 0.29) is 5.97 Å². The zero-order valence-corrected chi connectivity index (χ0v) is 27.1. The van der Waals surface area contributed by atoms with E-state index in [2.05, 4.69) is 134 Å². The Hall–Kier alpha value is -5.87. The summed E-state index contributed by atoms with van der Waals surface area (Å²) in [5.41, 5.74) is 12.3. The van der Waals surface area contributed by atoms with Gasteiger partial charge in [-0.05, 0) is 114 Å². The van der Waals surface area contributed by atoms with Gasteiger partial charge in [0.25, 0.3) is 0 Å². The fourth-order valence-corrected chi connectivity index (χ4v) is 5.55. The first-order chi connectivity index (χ1) is 22.9. The lowest BCUT2D eigenvalue weighted by Gasteiger charge is -2.26. The molecule has 0 aliphatic heterocycles. The molecule has 0 spiro atoms. The Bertz CT molecular complexity index is 1930. The molecule has 4 heteroatoms. The second kappa shape index (κ2) is 14.1. The molecule has 0 saturated carbocycles. The average Bonchev–Trinajstić information content (AvgIpc) is 3.10. The first-order valence-electron chi connectivity index (χ1n) is 15.7. The van der Waals surface area contributed by atoms with Crippen LogP contribution in [0.1, 0.15) is 34.7 Å². The Morgan fingerprint density at radius 3 is 1.36 bits per heavy atom. The quantitative estimate of drug-likeness (QED) is 0.0921. The molecular formula is C43H37NO3. The van der Waals surface area contributed by atoms with E-state index in [0.29, 0.717) is 5.75 Å². The predicted octanol–water partition coefficient (Wildman–Crippen LogP) is 11.0. The zero-order chi connectivity index (χ0) is 32.8. The van der Waals surface area contributed by atoms with Crippen LogP contribution in [0, 0.1) is 13.8 Å². The highest BCUT2D eigenvalue weighted by Crippen LogP contribution is 2.36. The van der Waals surface area contributed by atoms with Gasteiger partial charge in [0.05, 0.1) is 7.11 Å². The molecule has 0 unspecified atom stereocenters. The highest BCUT2D eigenvalue weighted by Gasteiger charge is 2.13. The number of hydrogen-bond acceptors (Lipinski definition) is 4. The van der Waals surface area contributed by atoms with E-state index in [1.54, 1.807) is 7.11 Å². The average molecular weight is 616 g/mol. The molecule has 0 N–H and O–H groups in total. The van der Waals surface area contributed by atoms with Gasteiger partial charge in [0.1, 0.15) is 11.5 Å². The van der Waals surface area contributed by atoms with E-state index in [1.165, 1.54) is 18.1 Å². The van der Waals surface area contributed by atoms with E-state index in [9.17, 15) is 4.79 Å². The van der Waals surface area contributed by atoms with Crippen LogP contribution in [0.5, 0.6) is 11.5 Å². The van der Waals surface area contributed by atoms with Crippen molar-refractivity contribution in [1.29, 1.82) is 0 Å². The number of carbonyl (C=O) groups excluding carboxylic acids is 1. The zero-order valence-electron chi connectivity index (χ0n) is 27.1. The Labute approximate surface area is 277 Å². The minimum atomic E-state index is -0.340. The van der Waals surface area contributed by atoms with Crippen LogP contribution in [0.2, 0.25) is 0 Å². The topological polar surface area (TPSA) is 38.8 Å². The molecule has 0 amide bonds. The second-order valence-electron chi connectivity index (χ2n) is 11.6. The first-order valence-corrected chi connectivity index (χ1v) is 15.7. The number of rotatable bonds is 9. The van der Waals surface area contributed by atoms with Gasteiger partial charge in [-0.3, -0.25) is 4.79 Å². The summed E-state index contributed by atoms with van der Waals surface area (Å²) in [6.07, 6.45) is 2.18. The molecule has 0 aliphatic carbocycles. The maximum absolute atomic E-state index is 11.4. The predicted molar refractivity (Wildman–Crippen MR) is 194 cm³/mol. The summed E-state index contributed by atoms with van der Waals surface area (Å²) < 4.78 is 10.6.